The maximum atomic E-state index is 5.81. The topological polar surface area (TPSA) is 38.9 Å². The SMILES string of the molecule is C#Cc1cncc([C@@H](N)CC)c1. The van der Waals surface area contributed by atoms with E-state index < -0.39 is 0 Å². The number of hydrogen-bond donors (Lipinski definition) is 1. The highest BCUT2D eigenvalue weighted by Crippen LogP contribution is 2.12. The van der Waals surface area contributed by atoms with Crippen LogP contribution in [0.25, 0.3) is 0 Å². The van der Waals surface area contributed by atoms with Crippen LogP contribution in [-0.2, 0) is 0 Å². The van der Waals surface area contributed by atoms with Gasteiger partial charge in [-0.15, -0.1) is 6.42 Å². The zero-order valence-electron chi connectivity index (χ0n) is 7.12. The third-order valence-electron chi connectivity index (χ3n) is 1.79. The lowest BCUT2D eigenvalue weighted by Gasteiger charge is -2.07. The van der Waals surface area contributed by atoms with E-state index in [0.717, 1.165) is 17.5 Å². The second-order valence-corrected chi connectivity index (χ2v) is 2.67. The van der Waals surface area contributed by atoms with E-state index in [0.29, 0.717) is 0 Å². The van der Waals surface area contributed by atoms with Gasteiger partial charge >= 0.3 is 0 Å². The van der Waals surface area contributed by atoms with E-state index >= 15 is 0 Å². The average molecular weight is 160 g/mol. The smallest absolute Gasteiger partial charge is 0.0429 e. The summed E-state index contributed by atoms with van der Waals surface area (Å²) in [5.41, 5.74) is 7.60. The van der Waals surface area contributed by atoms with Gasteiger partial charge in [-0.05, 0) is 18.1 Å². The van der Waals surface area contributed by atoms with Gasteiger partial charge in [0.25, 0.3) is 0 Å². The standard InChI is InChI=1S/C10H12N2/c1-3-8-5-9(7-12-6-8)10(11)4-2/h1,5-7,10H,4,11H2,2H3/t10-/m0/s1. The molecule has 0 aliphatic rings. The summed E-state index contributed by atoms with van der Waals surface area (Å²) in [6.07, 6.45) is 9.55. The molecule has 1 aromatic rings. The fourth-order valence-electron chi connectivity index (χ4n) is 0.975. The number of rotatable bonds is 2. The summed E-state index contributed by atoms with van der Waals surface area (Å²) in [5, 5.41) is 0. The van der Waals surface area contributed by atoms with Crippen LogP contribution in [0.1, 0.15) is 30.5 Å². The summed E-state index contributed by atoms with van der Waals surface area (Å²) in [5.74, 6) is 2.53. The lowest BCUT2D eigenvalue weighted by molar-refractivity contribution is 0.695. The van der Waals surface area contributed by atoms with Crippen LogP contribution >= 0.6 is 0 Å². The highest BCUT2D eigenvalue weighted by Gasteiger charge is 2.02. The van der Waals surface area contributed by atoms with Crippen molar-refractivity contribution in [1.82, 2.24) is 4.98 Å². The molecule has 0 spiro atoms. The van der Waals surface area contributed by atoms with Gasteiger partial charge in [0.2, 0.25) is 0 Å². The molecule has 1 rings (SSSR count). The van der Waals surface area contributed by atoms with Gasteiger partial charge in [0.1, 0.15) is 0 Å². The maximum absolute atomic E-state index is 5.81. The molecule has 0 fully saturated rings. The van der Waals surface area contributed by atoms with Gasteiger partial charge in [0, 0.05) is 24.0 Å². The van der Waals surface area contributed by atoms with Gasteiger partial charge in [-0.2, -0.15) is 0 Å². The third kappa shape index (κ3) is 1.84. The molecule has 2 nitrogen and oxygen atoms in total. The molecule has 0 amide bonds. The van der Waals surface area contributed by atoms with Crippen LogP contribution in [0.3, 0.4) is 0 Å². The normalized spacial score (nSPS) is 12.1. The molecule has 0 radical (unpaired) electrons. The Morgan fingerprint density at radius 1 is 1.67 bits per heavy atom. The molecule has 2 N–H and O–H groups in total. The Labute approximate surface area is 72.8 Å². The Morgan fingerprint density at radius 3 is 3.00 bits per heavy atom. The van der Waals surface area contributed by atoms with Crippen LogP contribution in [0, 0.1) is 12.3 Å². The van der Waals surface area contributed by atoms with E-state index in [1.54, 1.807) is 12.4 Å². The second kappa shape index (κ2) is 3.89. The summed E-state index contributed by atoms with van der Waals surface area (Å²) < 4.78 is 0. The van der Waals surface area contributed by atoms with E-state index in [4.69, 9.17) is 12.2 Å². The molecule has 1 atom stereocenters. The van der Waals surface area contributed by atoms with Gasteiger partial charge in [-0.25, -0.2) is 0 Å². The fraction of sp³-hybridized carbons (Fsp3) is 0.300. The van der Waals surface area contributed by atoms with E-state index in [1.807, 2.05) is 13.0 Å². The maximum Gasteiger partial charge on any atom is 0.0429 e. The van der Waals surface area contributed by atoms with Crippen molar-refractivity contribution in [3.8, 4) is 12.3 Å². The first-order valence-corrected chi connectivity index (χ1v) is 3.95. The molecule has 0 unspecified atom stereocenters. The van der Waals surface area contributed by atoms with Gasteiger partial charge < -0.3 is 5.73 Å². The van der Waals surface area contributed by atoms with Gasteiger partial charge in [-0.1, -0.05) is 12.8 Å². The van der Waals surface area contributed by atoms with Crippen LogP contribution in [0.4, 0.5) is 0 Å². The summed E-state index contributed by atoms with van der Waals surface area (Å²) in [6, 6.07) is 1.95. The molecule has 0 saturated carbocycles. The molecule has 12 heavy (non-hydrogen) atoms. The molecule has 62 valence electrons. The minimum atomic E-state index is 0.0470. The Bertz CT molecular complexity index is 299. The summed E-state index contributed by atoms with van der Waals surface area (Å²) in [7, 11) is 0. The lowest BCUT2D eigenvalue weighted by Crippen LogP contribution is -2.08. The van der Waals surface area contributed by atoms with Crippen LogP contribution in [0.2, 0.25) is 0 Å². The lowest BCUT2D eigenvalue weighted by atomic mass is 10.1. The molecular weight excluding hydrogens is 148 g/mol. The first kappa shape index (κ1) is 8.76. The summed E-state index contributed by atoms with van der Waals surface area (Å²) in [6.45, 7) is 2.03. The van der Waals surface area contributed by atoms with Crippen molar-refractivity contribution in [2.45, 2.75) is 19.4 Å². The van der Waals surface area contributed by atoms with Crippen LogP contribution < -0.4 is 5.73 Å². The van der Waals surface area contributed by atoms with E-state index in [9.17, 15) is 0 Å². The van der Waals surface area contributed by atoms with E-state index in [-0.39, 0.29) is 6.04 Å². The van der Waals surface area contributed by atoms with E-state index in [2.05, 4.69) is 10.9 Å². The van der Waals surface area contributed by atoms with Crippen LogP contribution in [0.5, 0.6) is 0 Å². The number of pyridine rings is 1. The van der Waals surface area contributed by atoms with Crippen LogP contribution in [0.15, 0.2) is 18.5 Å². The molecule has 2 heteroatoms. The predicted octanol–water partition coefficient (Wildman–Crippen LogP) is 1.47. The van der Waals surface area contributed by atoms with Crippen molar-refractivity contribution in [2.24, 2.45) is 5.73 Å². The van der Waals surface area contributed by atoms with Crippen LogP contribution in [-0.4, -0.2) is 4.98 Å². The van der Waals surface area contributed by atoms with E-state index in [1.165, 1.54) is 0 Å². The Kier molecular flexibility index (Phi) is 2.84. The molecule has 0 aliphatic carbocycles. The highest BCUT2D eigenvalue weighted by molar-refractivity contribution is 5.32. The van der Waals surface area contributed by atoms with Crippen molar-refractivity contribution < 1.29 is 0 Å². The van der Waals surface area contributed by atoms with Crippen molar-refractivity contribution in [3.63, 3.8) is 0 Å². The molecular formula is C10H12N2. The zero-order valence-corrected chi connectivity index (χ0v) is 7.12. The number of aromatic nitrogens is 1. The molecule has 0 bridgehead atoms. The Morgan fingerprint density at radius 2 is 2.42 bits per heavy atom. The van der Waals surface area contributed by atoms with Gasteiger partial charge in [0.15, 0.2) is 0 Å². The highest BCUT2D eigenvalue weighted by atomic mass is 14.7. The van der Waals surface area contributed by atoms with Crippen molar-refractivity contribution in [3.05, 3.63) is 29.6 Å². The van der Waals surface area contributed by atoms with Crippen molar-refractivity contribution in [2.75, 3.05) is 0 Å². The third-order valence-corrected chi connectivity index (χ3v) is 1.79. The minimum Gasteiger partial charge on any atom is -0.324 e. The monoisotopic (exact) mass is 160 g/mol. The van der Waals surface area contributed by atoms with Gasteiger partial charge in [-0.3, -0.25) is 4.98 Å². The number of nitrogens with zero attached hydrogens (tertiary/aromatic N) is 1. The number of nitrogens with two attached hydrogens (primary N) is 1. The fourth-order valence-corrected chi connectivity index (χ4v) is 0.975. The number of terminal acetylenes is 1. The zero-order chi connectivity index (χ0) is 8.97. The Hall–Kier alpha value is -1.33. The van der Waals surface area contributed by atoms with Crippen molar-refractivity contribution >= 4 is 0 Å². The largest absolute Gasteiger partial charge is 0.324 e. The van der Waals surface area contributed by atoms with Crippen molar-refractivity contribution in [1.29, 1.82) is 0 Å². The minimum absolute atomic E-state index is 0.0470. The second-order valence-electron chi connectivity index (χ2n) is 2.67. The molecule has 1 heterocycles. The Balaban J connectivity index is 2.95. The predicted molar refractivity (Wildman–Crippen MR) is 49.4 cm³/mol. The average Bonchev–Trinajstić information content (AvgIpc) is 2.17. The first-order chi connectivity index (χ1) is 5.77. The number of hydrogen-bond acceptors (Lipinski definition) is 2. The quantitative estimate of drug-likeness (QED) is 0.665. The molecule has 0 aliphatic heterocycles. The molecule has 1 aromatic heterocycles. The molecule has 0 saturated heterocycles. The summed E-state index contributed by atoms with van der Waals surface area (Å²) in [4.78, 5) is 4.00. The van der Waals surface area contributed by atoms with Gasteiger partial charge in [0.05, 0.1) is 0 Å². The molecule has 0 aromatic carbocycles. The first-order valence-electron chi connectivity index (χ1n) is 3.95. The summed E-state index contributed by atoms with van der Waals surface area (Å²) >= 11 is 0.